The first-order chi connectivity index (χ1) is 22.8. The number of amides is 4. The van der Waals surface area contributed by atoms with Gasteiger partial charge in [0, 0.05) is 24.8 Å². The molecule has 4 unspecified atom stereocenters. The van der Waals surface area contributed by atoms with Crippen LogP contribution in [0.2, 0.25) is 0 Å². The van der Waals surface area contributed by atoms with E-state index in [2.05, 4.69) is 31.1 Å². The quantitative estimate of drug-likeness (QED) is 0.163. The van der Waals surface area contributed by atoms with Crippen molar-refractivity contribution in [2.24, 2.45) is 5.41 Å². The third kappa shape index (κ3) is 11.7. The zero-order valence-corrected chi connectivity index (χ0v) is 28.2. The fourth-order valence-corrected chi connectivity index (χ4v) is 4.87. The zero-order chi connectivity index (χ0) is 35.3. The summed E-state index contributed by atoms with van der Waals surface area (Å²) in [5, 5.41) is 21.1. The smallest absolute Gasteiger partial charge is 0.407 e. The lowest BCUT2D eigenvalue weighted by Crippen LogP contribution is -2.59. The first-order valence-corrected chi connectivity index (χ1v) is 15.6. The number of ether oxygens (including phenoxy) is 2. The van der Waals surface area contributed by atoms with Crippen LogP contribution in [0.25, 0.3) is 11.3 Å². The lowest BCUT2D eigenvalue weighted by Gasteiger charge is -2.34. The van der Waals surface area contributed by atoms with Gasteiger partial charge in [-0.2, -0.15) is 0 Å². The molecule has 4 amide bonds. The summed E-state index contributed by atoms with van der Waals surface area (Å²) in [7, 11) is 2.41. The molecule has 13 nitrogen and oxygen atoms in total. The minimum Gasteiger partial charge on any atom is -0.453 e. The molecule has 13 heteroatoms. The van der Waals surface area contributed by atoms with E-state index in [0.29, 0.717) is 0 Å². The fraction of sp³-hybridized carbons (Fsp3) is 0.400. The van der Waals surface area contributed by atoms with Crippen LogP contribution in [0.3, 0.4) is 0 Å². The monoisotopic (exact) mass is 662 g/mol. The van der Waals surface area contributed by atoms with Crippen molar-refractivity contribution in [2.45, 2.75) is 64.9 Å². The lowest BCUT2D eigenvalue weighted by atomic mass is 9.86. The van der Waals surface area contributed by atoms with Crippen molar-refractivity contribution in [1.82, 2.24) is 31.4 Å². The highest BCUT2D eigenvalue weighted by Gasteiger charge is 2.35. The highest BCUT2D eigenvalue weighted by molar-refractivity contribution is 5.86. The van der Waals surface area contributed by atoms with Crippen molar-refractivity contribution < 1.29 is 33.8 Å². The average molecular weight is 663 g/mol. The van der Waals surface area contributed by atoms with E-state index in [-0.39, 0.29) is 19.5 Å². The van der Waals surface area contributed by atoms with E-state index >= 15 is 0 Å². The van der Waals surface area contributed by atoms with Gasteiger partial charge in [0.2, 0.25) is 5.91 Å². The van der Waals surface area contributed by atoms with Gasteiger partial charge in [-0.15, -0.1) is 0 Å². The highest BCUT2D eigenvalue weighted by atomic mass is 16.5. The molecule has 0 spiro atoms. The SMILES string of the molecule is COC(=O)NC(C)C(=O)NC(Cc1ccccc1)C(O)CN(Cc1ccc(-c2ccccn2)cc1)NC(=O)C(NC(=O)OC)C(C)(C)C. The Kier molecular flexibility index (Phi) is 13.9. The van der Waals surface area contributed by atoms with E-state index in [4.69, 9.17) is 4.74 Å². The summed E-state index contributed by atoms with van der Waals surface area (Å²) in [4.78, 5) is 55.0. The van der Waals surface area contributed by atoms with Crippen LogP contribution in [-0.2, 0) is 32.0 Å². The van der Waals surface area contributed by atoms with Crippen LogP contribution >= 0.6 is 0 Å². The topological polar surface area (TPSA) is 171 Å². The molecule has 0 saturated carbocycles. The molecule has 4 atom stereocenters. The van der Waals surface area contributed by atoms with Crippen LogP contribution in [0.1, 0.15) is 38.8 Å². The van der Waals surface area contributed by atoms with Crippen molar-refractivity contribution in [2.75, 3.05) is 20.8 Å². The first kappa shape index (κ1) is 37.4. The number of carbonyl (C=O) groups is 4. The number of aromatic nitrogens is 1. The van der Waals surface area contributed by atoms with Gasteiger partial charge >= 0.3 is 12.2 Å². The number of carbonyl (C=O) groups excluding carboxylic acids is 4. The summed E-state index contributed by atoms with van der Waals surface area (Å²) in [6.45, 7) is 6.97. The fourth-order valence-electron chi connectivity index (χ4n) is 4.87. The van der Waals surface area contributed by atoms with Crippen LogP contribution in [0.5, 0.6) is 0 Å². The van der Waals surface area contributed by atoms with E-state index in [1.165, 1.54) is 21.1 Å². The zero-order valence-electron chi connectivity index (χ0n) is 28.2. The molecule has 1 aromatic heterocycles. The van der Waals surface area contributed by atoms with Gasteiger partial charge in [-0.05, 0) is 42.0 Å². The molecule has 2 aromatic carbocycles. The van der Waals surface area contributed by atoms with E-state index in [1.54, 1.807) is 32.0 Å². The number of pyridine rings is 1. The first-order valence-electron chi connectivity index (χ1n) is 15.6. The molecule has 0 aliphatic rings. The predicted octanol–water partition coefficient (Wildman–Crippen LogP) is 3.19. The molecular formula is C35H46N6O7. The molecule has 0 radical (unpaired) electrons. The second-order valence-corrected chi connectivity index (χ2v) is 12.4. The maximum Gasteiger partial charge on any atom is 0.407 e. The highest BCUT2D eigenvalue weighted by Crippen LogP contribution is 2.21. The number of alkyl carbamates (subject to hydrolysis) is 2. The van der Waals surface area contributed by atoms with E-state index < -0.39 is 53.6 Å². The summed E-state index contributed by atoms with van der Waals surface area (Å²) < 4.78 is 9.36. The van der Waals surface area contributed by atoms with Gasteiger partial charge in [0.25, 0.3) is 5.91 Å². The number of hydrazine groups is 1. The number of hydrogen-bond acceptors (Lipinski definition) is 9. The number of aliphatic hydroxyl groups excluding tert-OH is 1. The summed E-state index contributed by atoms with van der Waals surface area (Å²) in [5.74, 6) is -1.05. The molecule has 5 N–H and O–H groups in total. The Morgan fingerprint density at radius 2 is 1.44 bits per heavy atom. The number of hydrogen-bond donors (Lipinski definition) is 5. The summed E-state index contributed by atoms with van der Waals surface area (Å²) in [6.07, 6.45) is -0.758. The number of benzene rings is 2. The maximum atomic E-state index is 13.7. The summed E-state index contributed by atoms with van der Waals surface area (Å²) in [6, 6.07) is 19.8. The third-order valence-corrected chi connectivity index (χ3v) is 7.54. The normalized spacial score (nSPS) is 13.8. The Bertz CT molecular complexity index is 1480. The van der Waals surface area contributed by atoms with Crippen molar-refractivity contribution in [3.8, 4) is 11.3 Å². The largest absolute Gasteiger partial charge is 0.453 e. The Morgan fingerprint density at radius 3 is 2.02 bits per heavy atom. The van der Waals surface area contributed by atoms with Gasteiger partial charge in [-0.25, -0.2) is 14.6 Å². The number of methoxy groups -OCH3 is 2. The lowest BCUT2D eigenvalue weighted by molar-refractivity contribution is -0.132. The van der Waals surface area contributed by atoms with Crippen molar-refractivity contribution in [3.63, 3.8) is 0 Å². The Hall–Kier alpha value is -5.01. The molecule has 258 valence electrons. The standard InChI is InChI=1S/C35H46N6O7/c1-23(37-33(45)47-5)31(43)38-28(20-24-12-8-7-9-13-24)29(42)22-41(40-32(44)30(35(2,3)4)39-34(46)48-6)21-25-15-17-26(18-16-25)27-14-10-11-19-36-27/h7-19,23,28-30,42H,20-22H2,1-6H3,(H,37,45)(H,38,43)(H,39,46)(H,40,44). The Morgan fingerprint density at radius 1 is 0.812 bits per heavy atom. The maximum absolute atomic E-state index is 13.7. The van der Waals surface area contributed by atoms with Gasteiger partial charge in [0.15, 0.2) is 0 Å². The van der Waals surface area contributed by atoms with E-state index in [0.717, 1.165) is 22.4 Å². The molecule has 3 rings (SSSR count). The molecule has 3 aromatic rings. The predicted molar refractivity (Wildman–Crippen MR) is 180 cm³/mol. The minimum atomic E-state index is -1.20. The molecule has 0 fully saturated rings. The third-order valence-electron chi connectivity index (χ3n) is 7.54. The molecule has 0 aliphatic heterocycles. The van der Waals surface area contributed by atoms with E-state index in [1.807, 2.05) is 72.8 Å². The molecule has 0 saturated heterocycles. The molecule has 1 heterocycles. The van der Waals surface area contributed by atoms with Gasteiger partial charge in [-0.1, -0.05) is 81.4 Å². The number of aliphatic hydroxyl groups is 1. The van der Waals surface area contributed by atoms with Gasteiger partial charge in [0.05, 0.1) is 32.1 Å². The summed E-state index contributed by atoms with van der Waals surface area (Å²) >= 11 is 0. The molecule has 0 aliphatic carbocycles. The summed E-state index contributed by atoms with van der Waals surface area (Å²) in [5.41, 5.74) is 5.56. The van der Waals surface area contributed by atoms with E-state index in [9.17, 15) is 24.3 Å². The van der Waals surface area contributed by atoms with Crippen LogP contribution in [0.15, 0.2) is 79.0 Å². The van der Waals surface area contributed by atoms with Gasteiger partial charge < -0.3 is 30.5 Å². The average Bonchev–Trinajstić information content (AvgIpc) is 3.07. The van der Waals surface area contributed by atoms with Crippen LogP contribution in [0.4, 0.5) is 9.59 Å². The Labute approximate surface area is 281 Å². The number of nitrogens with one attached hydrogen (secondary N) is 4. The van der Waals surface area contributed by atoms with Crippen molar-refractivity contribution in [3.05, 3.63) is 90.1 Å². The van der Waals surface area contributed by atoms with Crippen LogP contribution in [-0.4, -0.2) is 84.1 Å². The molecular weight excluding hydrogens is 616 g/mol. The van der Waals surface area contributed by atoms with Crippen molar-refractivity contribution in [1.29, 1.82) is 0 Å². The number of nitrogens with zero attached hydrogens (tertiary/aromatic N) is 2. The second kappa shape index (κ2) is 17.8. The van der Waals surface area contributed by atoms with Crippen LogP contribution < -0.4 is 21.4 Å². The minimum absolute atomic E-state index is 0.112. The van der Waals surface area contributed by atoms with Crippen LogP contribution in [0, 0.1) is 5.41 Å². The molecule has 48 heavy (non-hydrogen) atoms. The van der Waals surface area contributed by atoms with Gasteiger partial charge in [0.1, 0.15) is 12.1 Å². The second-order valence-electron chi connectivity index (χ2n) is 12.4. The van der Waals surface area contributed by atoms with Crippen molar-refractivity contribution >= 4 is 24.0 Å². The van der Waals surface area contributed by atoms with Gasteiger partial charge in [-0.3, -0.25) is 20.0 Å². The number of rotatable bonds is 14. The molecule has 0 bridgehead atoms. The Balaban J connectivity index is 1.90.